The Hall–Kier alpha value is -3.07. The van der Waals surface area contributed by atoms with Gasteiger partial charge in [-0.1, -0.05) is 69.3 Å². The van der Waals surface area contributed by atoms with Crippen LogP contribution < -0.4 is 4.74 Å². The van der Waals surface area contributed by atoms with Crippen molar-refractivity contribution in [2.75, 3.05) is 0 Å². The van der Waals surface area contributed by atoms with Crippen molar-refractivity contribution >= 4 is 5.97 Å². The molecule has 3 aromatic rings. The second kappa shape index (κ2) is 5.23. The average molecular weight is 356 g/mol. The van der Waals surface area contributed by atoms with Crippen LogP contribution in [0, 0.1) is 0 Å². The minimum atomic E-state index is -0.984. The lowest BCUT2D eigenvalue weighted by Gasteiger charge is -2.40. The van der Waals surface area contributed by atoms with Crippen molar-refractivity contribution < 1.29 is 14.3 Å². The molecule has 3 heteroatoms. The van der Waals surface area contributed by atoms with Crippen LogP contribution in [0.2, 0.25) is 0 Å². The monoisotopic (exact) mass is 356 g/mol. The highest BCUT2D eigenvalue weighted by Crippen LogP contribution is 2.57. The molecule has 2 heterocycles. The van der Waals surface area contributed by atoms with E-state index in [1.54, 1.807) is 0 Å². The molecule has 27 heavy (non-hydrogen) atoms. The summed E-state index contributed by atoms with van der Waals surface area (Å²) in [5.74, 6) is 1.17. The maximum atomic E-state index is 12.9. The zero-order chi connectivity index (χ0) is 18.8. The summed E-state index contributed by atoms with van der Waals surface area (Å²) in [7, 11) is 0. The van der Waals surface area contributed by atoms with Crippen LogP contribution in [0.25, 0.3) is 0 Å². The predicted octanol–water partition coefficient (Wildman–Crippen LogP) is 5.55. The van der Waals surface area contributed by atoms with Gasteiger partial charge in [-0.2, -0.15) is 0 Å². The highest BCUT2D eigenvalue weighted by atomic mass is 16.6. The molecule has 3 aromatic carbocycles. The summed E-state index contributed by atoms with van der Waals surface area (Å²) < 4.78 is 12.5. The lowest BCUT2D eigenvalue weighted by molar-refractivity contribution is 0.0218. The van der Waals surface area contributed by atoms with Crippen molar-refractivity contribution in [1.29, 1.82) is 0 Å². The lowest BCUT2D eigenvalue weighted by Crippen LogP contribution is -2.36. The number of ether oxygens (including phenoxy) is 2. The molecule has 2 aliphatic rings. The number of benzene rings is 3. The Bertz CT molecular complexity index is 1090. The summed E-state index contributed by atoms with van der Waals surface area (Å²) in [6.07, 6.45) is 0. The van der Waals surface area contributed by atoms with E-state index in [-0.39, 0.29) is 11.4 Å². The van der Waals surface area contributed by atoms with Gasteiger partial charge in [0.2, 0.25) is 0 Å². The first-order valence-corrected chi connectivity index (χ1v) is 9.17. The highest BCUT2D eigenvalue weighted by molar-refractivity contribution is 5.97. The third-order valence-corrected chi connectivity index (χ3v) is 5.44. The number of carbonyl (C=O) groups is 1. The number of esters is 1. The Labute approximate surface area is 158 Å². The predicted molar refractivity (Wildman–Crippen MR) is 103 cm³/mol. The van der Waals surface area contributed by atoms with Crippen LogP contribution in [-0.4, -0.2) is 5.97 Å². The van der Waals surface area contributed by atoms with Crippen molar-refractivity contribution in [3.05, 3.63) is 94.5 Å². The van der Waals surface area contributed by atoms with E-state index in [1.807, 2.05) is 60.7 Å². The van der Waals surface area contributed by atoms with Gasteiger partial charge in [0.25, 0.3) is 0 Å². The zero-order valence-electron chi connectivity index (χ0n) is 15.6. The number of para-hydroxylation sites is 1. The van der Waals surface area contributed by atoms with E-state index in [4.69, 9.17) is 9.47 Å². The standard InChI is InChI=1S/C24H20O3/c1-23(2,3)18-12-8-14-20-21(18)24(17-11-6-7-13-19(17)26-20)16-10-5-4-9-15(16)22(25)27-24/h4-14H,1-3H3. The Kier molecular flexibility index (Phi) is 3.12. The second-order valence-corrected chi connectivity index (χ2v) is 8.14. The third-order valence-electron chi connectivity index (χ3n) is 5.44. The first-order valence-electron chi connectivity index (χ1n) is 9.17. The molecular formula is C24H20O3. The fourth-order valence-electron chi connectivity index (χ4n) is 4.31. The van der Waals surface area contributed by atoms with Gasteiger partial charge in [-0.25, -0.2) is 4.79 Å². The van der Waals surface area contributed by atoms with E-state index >= 15 is 0 Å². The fourth-order valence-corrected chi connectivity index (χ4v) is 4.31. The van der Waals surface area contributed by atoms with Crippen LogP contribution in [0.3, 0.4) is 0 Å². The first-order chi connectivity index (χ1) is 12.9. The summed E-state index contributed by atoms with van der Waals surface area (Å²) in [6, 6.07) is 21.5. The maximum absolute atomic E-state index is 12.9. The molecule has 5 rings (SSSR count). The van der Waals surface area contributed by atoms with Gasteiger partial charge in [-0.3, -0.25) is 0 Å². The molecule has 0 saturated heterocycles. The van der Waals surface area contributed by atoms with E-state index in [1.165, 1.54) is 0 Å². The lowest BCUT2D eigenvalue weighted by atomic mass is 9.71. The van der Waals surface area contributed by atoms with E-state index in [0.717, 1.165) is 33.8 Å². The number of hydrogen-bond acceptors (Lipinski definition) is 3. The SMILES string of the molecule is CC(C)(C)c1cccc2c1C1(OC(=O)c3ccccc31)c1ccccc1O2. The Morgan fingerprint density at radius 2 is 1.44 bits per heavy atom. The average Bonchev–Trinajstić information content (AvgIpc) is 2.95. The molecule has 0 fully saturated rings. The number of fused-ring (bicyclic) bond motifs is 6. The molecule has 0 saturated carbocycles. The van der Waals surface area contributed by atoms with Crippen LogP contribution in [0.1, 0.15) is 53.4 Å². The second-order valence-electron chi connectivity index (χ2n) is 8.14. The topological polar surface area (TPSA) is 35.5 Å². The smallest absolute Gasteiger partial charge is 0.340 e. The Morgan fingerprint density at radius 3 is 2.22 bits per heavy atom. The van der Waals surface area contributed by atoms with Crippen LogP contribution in [0.4, 0.5) is 0 Å². The molecule has 1 atom stereocenters. The molecule has 0 amide bonds. The van der Waals surface area contributed by atoms with Crippen LogP contribution in [-0.2, 0) is 15.8 Å². The van der Waals surface area contributed by atoms with Crippen LogP contribution in [0.15, 0.2) is 66.7 Å². The van der Waals surface area contributed by atoms with Gasteiger partial charge in [0.1, 0.15) is 11.5 Å². The Balaban J connectivity index is 1.95. The van der Waals surface area contributed by atoms with Crippen LogP contribution >= 0.6 is 0 Å². The number of rotatable bonds is 0. The van der Waals surface area contributed by atoms with Crippen molar-refractivity contribution in [3.63, 3.8) is 0 Å². The highest BCUT2D eigenvalue weighted by Gasteiger charge is 2.54. The summed E-state index contributed by atoms with van der Waals surface area (Å²) in [6.45, 7) is 6.50. The van der Waals surface area contributed by atoms with Crippen molar-refractivity contribution in [1.82, 2.24) is 0 Å². The molecule has 0 aromatic heterocycles. The third kappa shape index (κ3) is 2.05. The summed E-state index contributed by atoms with van der Waals surface area (Å²) in [5.41, 5.74) is 3.27. The van der Waals surface area contributed by atoms with E-state index < -0.39 is 5.60 Å². The Morgan fingerprint density at radius 1 is 0.778 bits per heavy atom. The molecule has 0 radical (unpaired) electrons. The normalized spacial score (nSPS) is 19.7. The largest absolute Gasteiger partial charge is 0.456 e. The maximum Gasteiger partial charge on any atom is 0.340 e. The van der Waals surface area contributed by atoms with Gasteiger partial charge in [0, 0.05) is 11.1 Å². The van der Waals surface area contributed by atoms with E-state index in [2.05, 4.69) is 26.8 Å². The summed E-state index contributed by atoms with van der Waals surface area (Å²) in [5, 5.41) is 0. The molecule has 134 valence electrons. The van der Waals surface area contributed by atoms with Crippen molar-refractivity contribution in [2.45, 2.75) is 31.8 Å². The van der Waals surface area contributed by atoms with Gasteiger partial charge < -0.3 is 9.47 Å². The van der Waals surface area contributed by atoms with Crippen molar-refractivity contribution in [2.24, 2.45) is 0 Å². The molecular weight excluding hydrogens is 336 g/mol. The summed E-state index contributed by atoms with van der Waals surface area (Å²) in [4.78, 5) is 12.9. The molecule has 0 bridgehead atoms. The van der Waals surface area contributed by atoms with Gasteiger partial charge in [-0.15, -0.1) is 0 Å². The first kappa shape index (κ1) is 16.1. The molecule has 0 N–H and O–H groups in total. The molecule has 1 spiro atoms. The minimum Gasteiger partial charge on any atom is -0.456 e. The van der Waals surface area contributed by atoms with Gasteiger partial charge in [-0.05, 0) is 29.2 Å². The van der Waals surface area contributed by atoms with E-state index in [0.29, 0.717) is 5.56 Å². The molecule has 3 nitrogen and oxygen atoms in total. The van der Waals surface area contributed by atoms with E-state index in [9.17, 15) is 4.79 Å². The van der Waals surface area contributed by atoms with Gasteiger partial charge in [0.15, 0.2) is 5.60 Å². The molecule has 1 unspecified atom stereocenters. The number of carbonyl (C=O) groups excluding carboxylic acids is 1. The quantitative estimate of drug-likeness (QED) is 0.495. The molecule has 0 aliphatic carbocycles. The van der Waals surface area contributed by atoms with Gasteiger partial charge >= 0.3 is 5.97 Å². The minimum absolute atomic E-state index is 0.141. The van der Waals surface area contributed by atoms with Gasteiger partial charge in [0.05, 0.1) is 11.1 Å². The van der Waals surface area contributed by atoms with Crippen LogP contribution in [0.5, 0.6) is 11.5 Å². The zero-order valence-corrected chi connectivity index (χ0v) is 15.6. The van der Waals surface area contributed by atoms with Crippen molar-refractivity contribution in [3.8, 4) is 11.5 Å². The molecule has 2 aliphatic heterocycles. The summed E-state index contributed by atoms with van der Waals surface area (Å²) >= 11 is 0. The fraction of sp³-hybridized carbons (Fsp3) is 0.208. The number of hydrogen-bond donors (Lipinski definition) is 0.